The number of carbonyl (C=O) groups is 3. The second-order valence-corrected chi connectivity index (χ2v) is 10.4. The van der Waals surface area contributed by atoms with Crippen LogP contribution in [0.5, 0.6) is 5.75 Å². The van der Waals surface area contributed by atoms with Crippen LogP contribution in [0.4, 0.5) is 5.69 Å². The molecule has 2 atom stereocenters. The van der Waals surface area contributed by atoms with Crippen LogP contribution in [-0.4, -0.2) is 67.4 Å². The first-order valence-corrected chi connectivity index (χ1v) is 13.1. The fourth-order valence-corrected chi connectivity index (χ4v) is 5.90. The molecule has 3 aliphatic heterocycles. The monoisotopic (exact) mass is 489 g/mol. The third-order valence-corrected chi connectivity index (χ3v) is 7.82. The van der Waals surface area contributed by atoms with Crippen LogP contribution in [0.3, 0.4) is 0 Å². The molecule has 2 fully saturated rings. The number of fused-ring (bicyclic) bond motifs is 1. The van der Waals surface area contributed by atoms with Gasteiger partial charge >= 0.3 is 0 Å². The molecule has 0 radical (unpaired) electrons. The first-order valence-electron chi connectivity index (χ1n) is 13.1. The van der Waals surface area contributed by atoms with Gasteiger partial charge in [-0.1, -0.05) is 25.1 Å². The quantitative estimate of drug-likeness (QED) is 0.574. The second-order valence-electron chi connectivity index (χ2n) is 10.4. The van der Waals surface area contributed by atoms with E-state index in [0.717, 1.165) is 55.9 Å². The van der Waals surface area contributed by atoms with Crippen LogP contribution >= 0.6 is 0 Å². The van der Waals surface area contributed by atoms with E-state index < -0.39 is 0 Å². The fourth-order valence-electron chi connectivity index (χ4n) is 5.90. The first-order chi connectivity index (χ1) is 17.5. The van der Waals surface area contributed by atoms with Crippen molar-refractivity contribution in [2.24, 2.45) is 11.8 Å². The van der Waals surface area contributed by atoms with Crippen molar-refractivity contribution in [2.45, 2.75) is 39.0 Å². The molecule has 0 saturated carbocycles. The molecule has 7 heteroatoms. The van der Waals surface area contributed by atoms with Crippen molar-refractivity contribution in [1.82, 2.24) is 9.80 Å². The maximum Gasteiger partial charge on any atom is 0.263 e. The molecule has 2 aromatic carbocycles. The van der Waals surface area contributed by atoms with Crippen molar-refractivity contribution in [3.63, 3.8) is 0 Å². The highest BCUT2D eigenvalue weighted by Gasteiger charge is 2.39. The maximum absolute atomic E-state index is 13.5. The van der Waals surface area contributed by atoms with Gasteiger partial charge in [0.2, 0.25) is 5.91 Å². The molecule has 0 unspecified atom stereocenters. The number of rotatable bonds is 6. The van der Waals surface area contributed by atoms with Crippen molar-refractivity contribution in [3.8, 4) is 5.75 Å². The van der Waals surface area contributed by atoms with E-state index in [2.05, 4.69) is 11.8 Å². The number of methoxy groups -OCH3 is 1. The van der Waals surface area contributed by atoms with Crippen LogP contribution in [0.25, 0.3) is 0 Å². The Balaban J connectivity index is 1.31. The van der Waals surface area contributed by atoms with Crippen molar-refractivity contribution in [1.29, 1.82) is 0 Å². The van der Waals surface area contributed by atoms with Gasteiger partial charge in [-0.25, -0.2) is 0 Å². The topological polar surface area (TPSA) is 70.2 Å². The second kappa shape index (κ2) is 10.3. The molecule has 7 nitrogen and oxygen atoms in total. The number of amides is 3. The summed E-state index contributed by atoms with van der Waals surface area (Å²) in [7, 11) is 1.62. The molecule has 2 saturated heterocycles. The van der Waals surface area contributed by atoms with E-state index in [4.69, 9.17) is 4.74 Å². The van der Waals surface area contributed by atoms with Crippen LogP contribution in [0.15, 0.2) is 42.5 Å². The highest BCUT2D eigenvalue weighted by atomic mass is 16.5. The third-order valence-electron chi connectivity index (χ3n) is 7.82. The van der Waals surface area contributed by atoms with Crippen LogP contribution in [0, 0.1) is 11.8 Å². The third kappa shape index (κ3) is 4.71. The smallest absolute Gasteiger partial charge is 0.263 e. The molecule has 0 bridgehead atoms. The fraction of sp³-hybridized carbons (Fsp3) is 0.483. The molecular weight excluding hydrogens is 454 g/mol. The number of carbonyl (C=O) groups excluding carboxylic acids is 3. The van der Waals surface area contributed by atoms with E-state index in [1.165, 1.54) is 11.3 Å². The highest BCUT2D eigenvalue weighted by Crippen LogP contribution is 2.35. The van der Waals surface area contributed by atoms with E-state index in [-0.39, 0.29) is 23.6 Å². The standard InChI is InChI=1S/C29H35N3O4/c1-20-7-5-15-31(18-20)27(33)22-9-6-14-30(19-22)25-12-4-11-24-26(25)29(35)32(28(24)34)16-13-21-8-3-10-23(17-21)36-2/h3-4,8,10-12,17,20,22H,5-7,9,13-16,18-19H2,1-2H3/t20-,22-/m1/s1. The Bertz CT molecular complexity index is 1160. The molecule has 0 N–H and O–H groups in total. The summed E-state index contributed by atoms with van der Waals surface area (Å²) in [5, 5.41) is 0. The van der Waals surface area contributed by atoms with E-state index in [9.17, 15) is 14.4 Å². The minimum atomic E-state index is -0.244. The number of imide groups is 1. The van der Waals surface area contributed by atoms with E-state index >= 15 is 0 Å². The average molecular weight is 490 g/mol. The maximum atomic E-state index is 13.5. The Morgan fingerprint density at radius 2 is 1.81 bits per heavy atom. The van der Waals surface area contributed by atoms with Crippen LogP contribution < -0.4 is 9.64 Å². The summed E-state index contributed by atoms with van der Waals surface area (Å²) in [6.07, 6.45) is 4.57. The lowest BCUT2D eigenvalue weighted by Crippen LogP contribution is -2.48. The van der Waals surface area contributed by atoms with Gasteiger partial charge < -0.3 is 14.5 Å². The van der Waals surface area contributed by atoms with Crippen molar-refractivity contribution >= 4 is 23.4 Å². The predicted molar refractivity (Wildman–Crippen MR) is 138 cm³/mol. The minimum absolute atomic E-state index is 0.0729. The Morgan fingerprint density at radius 1 is 1.00 bits per heavy atom. The number of piperidine rings is 2. The molecule has 0 spiro atoms. The number of benzene rings is 2. The number of ether oxygens (including phenoxy) is 1. The Morgan fingerprint density at radius 3 is 2.61 bits per heavy atom. The van der Waals surface area contributed by atoms with Crippen LogP contribution in [-0.2, 0) is 11.2 Å². The van der Waals surface area contributed by atoms with Crippen LogP contribution in [0.2, 0.25) is 0 Å². The molecule has 3 amide bonds. The van der Waals surface area contributed by atoms with Gasteiger partial charge in [0.1, 0.15) is 5.75 Å². The Kier molecular flexibility index (Phi) is 6.99. The summed E-state index contributed by atoms with van der Waals surface area (Å²) in [5.74, 6) is 0.979. The Labute approximate surface area is 213 Å². The van der Waals surface area contributed by atoms with Gasteiger partial charge in [-0.05, 0) is 67.9 Å². The normalized spacial score (nSPS) is 22.1. The zero-order valence-electron chi connectivity index (χ0n) is 21.2. The molecule has 0 aliphatic carbocycles. The van der Waals surface area contributed by atoms with Crippen LogP contribution in [0.1, 0.15) is 58.9 Å². The van der Waals surface area contributed by atoms with E-state index in [1.807, 2.05) is 41.3 Å². The zero-order valence-corrected chi connectivity index (χ0v) is 21.2. The molecule has 3 aliphatic rings. The van der Waals surface area contributed by atoms with Crippen molar-refractivity contribution in [2.75, 3.05) is 44.7 Å². The molecule has 190 valence electrons. The zero-order chi connectivity index (χ0) is 25.2. The molecule has 5 rings (SSSR count). The summed E-state index contributed by atoms with van der Waals surface area (Å²) >= 11 is 0. The number of nitrogens with zero attached hydrogens (tertiary/aromatic N) is 3. The highest BCUT2D eigenvalue weighted by molar-refractivity contribution is 6.23. The van der Waals surface area contributed by atoms with Gasteiger partial charge in [-0.15, -0.1) is 0 Å². The number of hydrogen-bond acceptors (Lipinski definition) is 5. The number of hydrogen-bond donors (Lipinski definition) is 0. The largest absolute Gasteiger partial charge is 0.497 e. The van der Waals surface area contributed by atoms with Gasteiger partial charge in [-0.2, -0.15) is 0 Å². The SMILES string of the molecule is COc1cccc(CCN2C(=O)c3cccc(N4CCC[C@@H](C(=O)N5CCC[C@@H](C)C5)C4)c3C2=O)c1. The van der Waals surface area contributed by atoms with E-state index in [1.54, 1.807) is 13.2 Å². The molecular formula is C29H35N3O4. The lowest BCUT2D eigenvalue weighted by molar-refractivity contribution is -0.137. The molecule has 3 heterocycles. The van der Waals surface area contributed by atoms with Crippen molar-refractivity contribution < 1.29 is 19.1 Å². The van der Waals surface area contributed by atoms with E-state index in [0.29, 0.717) is 36.6 Å². The summed E-state index contributed by atoms with van der Waals surface area (Å²) in [5.41, 5.74) is 2.73. The van der Waals surface area contributed by atoms with Crippen molar-refractivity contribution in [3.05, 3.63) is 59.2 Å². The first kappa shape index (κ1) is 24.3. The molecule has 2 aromatic rings. The van der Waals surface area contributed by atoms with Gasteiger partial charge in [0, 0.05) is 32.7 Å². The van der Waals surface area contributed by atoms with Gasteiger partial charge in [0.15, 0.2) is 0 Å². The minimum Gasteiger partial charge on any atom is -0.497 e. The lowest BCUT2D eigenvalue weighted by Gasteiger charge is -2.38. The summed E-state index contributed by atoms with van der Waals surface area (Å²) in [6, 6.07) is 13.2. The summed E-state index contributed by atoms with van der Waals surface area (Å²) < 4.78 is 5.29. The summed E-state index contributed by atoms with van der Waals surface area (Å²) in [4.78, 5) is 45.5. The average Bonchev–Trinajstić information content (AvgIpc) is 3.16. The van der Waals surface area contributed by atoms with Gasteiger partial charge in [0.25, 0.3) is 11.8 Å². The summed E-state index contributed by atoms with van der Waals surface area (Å²) in [6.45, 7) is 5.57. The molecule has 36 heavy (non-hydrogen) atoms. The Hall–Kier alpha value is -3.35. The predicted octanol–water partition coefficient (Wildman–Crippen LogP) is 4.01. The molecule has 0 aromatic heterocycles. The number of anilines is 1. The lowest BCUT2D eigenvalue weighted by atomic mass is 9.93. The van der Waals surface area contributed by atoms with Gasteiger partial charge in [0.05, 0.1) is 29.8 Å². The number of likely N-dealkylation sites (tertiary alicyclic amines) is 1. The van der Waals surface area contributed by atoms with Gasteiger partial charge in [-0.3, -0.25) is 19.3 Å².